The molecule has 0 bridgehead atoms. The number of hydrogen-bond acceptors (Lipinski definition) is 5. The summed E-state index contributed by atoms with van der Waals surface area (Å²) in [5.74, 6) is -1.16. The molecule has 3 aromatic carbocycles. The fourth-order valence-corrected chi connectivity index (χ4v) is 5.05. The number of nitrogens with one attached hydrogen (secondary N) is 1. The van der Waals surface area contributed by atoms with E-state index in [1.807, 2.05) is 30.3 Å². The molecular formula is C28H23ClF2N4O3. The van der Waals surface area contributed by atoms with E-state index in [1.165, 1.54) is 30.6 Å². The van der Waals surface area contributed by atoms with Gasteiger partial charge >= 0.3 is 6.61 Å². The van der Waals surface area contributed by atoms with Gasteiger partial charge in [0.25, 0.3) is 11.8 Å². The number of rotatable bonds is 6. The average Bonchev–Trinajstić information content (AvgIpc) is 2.93. The van der Waals surface area contributed by atoms with Gasteiger partial charge in [0.15, 0.2) is 0 Å². The summed E-state index contributed by atoms with van der Waals surface area (Å²) in [5, 5.41) is 3.33. The van der Waals surface area contributed by atoms with Crippen LogP contribution in [-0.4, -0.2) is 52.4 Å². The first kappa shape index (κ1) is 25.5. The molecule has 0 radical (unpaired) electrons. The predicted molar refractivity (Wildman–Crippen MR) is 139 cm³/mol. The Morgan fingerprint density at radius 3 is 2.55 bits per heavy atom. The molecule has 2 amide bonds. The van der Waals surface area contributed by atoms with Crippen molar-refractivity contribution in [1.29, 1.82) is 0 Å². The number of ether oxygens (including phenoxy) is 1. The van der Waals surface area contributed by atoms with Gasteiger partial charge < -0.3 is 15.0 Å². The molecule has 0 unspecified atom stereocenters. The molecule has 194 valence electrons. The van der Waals surface area contributed by atoms with Crippen molar-refractivity contribution in [1.82, 2.24) is 20.2 Å². The lowest BCUT2D eigenvalue weighted by atomic mass is 9.85. The molecule has 0 spiro atoms. The Bertz CT molecular complexity index is 1470. The van der Waals surface area contributed by atoms with Gasteiger partial charge in [0, 0.05) is 43.0 Å². The van der Waals surface area contributed by atoms with Gasteiger partial charge in [0.1, 0.15) is 11.3 Å². The summed E-state index contributed by atoms with van der Waals surface area (Å²) in [6.07, 6.45) is 3.53. The number of aromatic nitrogens is 2. The van der Waals surface area contributed by atoms with E-state index in [0.29, 0.717) is 41.1 Å². The Balaban J connectivity index is 1.39. The normalized spacial score (nSPS) is 17.4. The maximum Gasteiger partial charge on any atom is 0.387 e. The number of para-hydroxylation sites is 1. The largest absolute Gasteiger partial charge is 0.434 e. The molecule has 1 aliphatic rings. The molecule has 0 saturated carbocycles. The van der Waals surface area contributed by atoms with Crippen LogP contribution in [0.25, 0.3) is 11.0 Å². The number of amides is 2. The first-order chi connectivity index (χ1) is 18.4. The molecule has 7 nitrogen and oxygen atoms in total. The number of carbonyl (C=O) groups is 2. The number of nitrogens with zero attached hydrogens (tertiary/aromatic N) is 3. The highest BCUT2D eigenvalue weighted by Gasteiger charge is 2.34. The lowest BCUT2D eigenvalue weighted by molar-refractivity contribution is -0.0501. The van der Waals surface area contributed by atoms with Gasteiger partial charge in [0.2, 0.25) is 0 Å². The van der Waals surface area contributed by atoms with Gasteiger partial charge in [0.05, 0.1) is 16.1 Å². The summed E-state index contributed by atoms with van der Waals surface area (Å²) in [6, 6.07) is 18.3. The van der Waals surface area contributed by atoms with E-state index in [0.717, 1.165) is 5.56 Å². The van der Waals surface area contributed by atoms with Crippen molar-refractivity contribution in [2.24, 2.45) is 0 Å². The molecule has 1 fully saturated rings. The van der Waals surface area contributed by atoms with Gasteiger partial charge in [-0.25, -0.2) is 0 Å². The van der Waals surface area contributed by atoms with E-state index in [1.54, 1.807) is 23.1 Å². The second kappa shape index (κ2) is 11.1. The van der Waals surface area contributed by atoms with Crippen LogP contribution in [0.4, 0.5) is 8.78 Å². The maximum absolute atomic E-state index is 13.5. The number of alkyl halides is 2. The summed E-state index contributed by atoms with van der Waals surface area (Å²) in [6.45, 7) is -2.35. The quantitative estimate of drug-likeness (QED) is 0.361. The highest BCUT2D eigenvalue weighted by Crippen LogP contribution is 2.31. The summed E-state index contributed by atoms with van der Waals surface area (Å²) in [7, 11) is 0. The first-order valence-electron chi connectivity index (χ1n) is 12.0. The van der Waals surface area contributed by atoms with E-state index < -0.39 is 12.5 Å². The maximum atomic E-state index is 13.5. The highest BCUT2D eigenvalue weighted by atomic mass is 35.5. The number of benzene rings is 3. The molecule has 1 aliphatic heterocycles. The molecule has 0 aliphatic carbocycles. The molecule has 1 N–H and O–H groups in total. The number of piperidine rings is 1. The fourth-order valence-electron chi connectivity index (χ4n) is 4.78. The predicted octanol–water partition coefficient (Wildman–Crippen LogP) is 5.31. The first-order valence-corrected chi connectivity index (χ1v) is 12.4. The molecule has 2 heterocycles. The molecule has 1 aromatic heterocycles. The van der Waals surface area contributed by atoms with E-state index >= 15 is 0 Å². The fraction of sp³-hybridized carbons (Fsp3) is 0.214. The molecule has 4 aromatic rings. The van der Waals surface area contributed by atoms with Gasteiger partial charge in [-0.2, -0.15) is 8.78 Å². The van der Waals surface area contributed by atoms with Crippen LogP contribution in [0.15, 0.2) is 79.1 Å². The Morgan fingerprint density at radius 2 is 1.76 bits per heavy atom. The molecule has 2 atom stereocenters. The van der Waals surface area contributed by atoms with Crippen LogP contribution in [0.5, 0.6) is 5.75 Å². The molecule has 1 saturated heterocycles. The van der Waals surface area contributed by atoms with Crippen LogP contribution in [0.3, 0.4) is 0 Å². The minimum Gasteiger partial charge on any atom is -0.434 e. The third kappa shape index (κ3) is 5.43. The minimum absolute atomic E-state index is 0.0185. The van der Waals surface area contributed by atoms with Gasteiger partial charge in [-0.15, -0.1) is 0 Å². The van der Waals surface area contributed by atoms with Crippen LogP contribution in [-0.2, 0) is 0 Å². The van der Waals surface area contributed by atoms with Crippen LogP contribution >= 0.6 is 11.6 Å². The number of halogens is 3. The third-order valence-electron chi connectivity index (χ3n) is 6.57. The zero-order valence-electron chi connectivity index (χ0n) is 20.1. The lowest BCUT2D eigenvalue weighted by Gasteiger charge is -2.39. The summed E-state index contributed by atoms with van der Waals surface area (Å²) in [4.78, 5) is 36.9. The van der Waals surface area contributed by atoms with Gasteiger partial charge in [-0.1, -0.05) is 54.1 Å². The molecule has 38 heavy (non-hydrogen) atoms. The lowest BCUT2D eigenvalue weighted by Crippen LogP contribution is -2.51. The van der Waals surface area contributed by atoms with E-state index in [4.69, 9.17) is 11.6 Å². The SMILES string of the molecule is O=C(N[C@H]1CCN(C(=O)c2cc(Cl)c3nccnc3c2)C[C@@H]1c1ccccc1)c1ccccc1OC(F)F. The second-order valence-electron chi connectivity index (χ2n) is 8.89. The van der Waals surface area contributed by atoms with Crippen molar-refractivity contribution in [2.45, 2.75) is 25.0 Å². The van der Waals surface area contributed by atoms with Crippen molar-refractivity contribution in [3.63, 3.8) is 0 Å². The summed E-state index contributed by atoms with van der Waals surface area (Å²) >= 11 is 6.37. The van der Waals surface area contributed by atoms with E-state index in [2.05, 4.69) is 20.0 Å². The topological polar surface area (TPSA) is 84.4 Å². The van der Waals surface area contributed by atoms with Crippen molar-refractivity contribution in [2.75, 3.05) is 13.1 Å². The van der Waals surface area contributed by atoms with Crippen LogP contribution in [0, 0.1) is 0 Å². The molecule has 5 rings (SSSR count). The summed E-state index contributed by atoms with van der Waals surface area (Å²) in [5.41, 5.74) is 2.40. The number of hydrogen-bond donors (Lipinski definition) is 1. The van der Waals surface area contributed by atoms with Crippen LogP contribution in [0.2, 0.25) is 5.02 Å². The average molecular weight is 537 g/mol. The Morgan fingerprint density at radius 1 is 1.03 bits per heavy atom. The smallest absolute Gasteiger partial charge is 0.387 e. The third-order valence-corrected chi connectivity index (χ3v) is 6.85. The Kier molecular flexibility index (Phi) is 7.46. The van der Waals surface area contributed by atoms with E-state index in [9.17, 15) is 18.4 Å². The zero-order chi connectivity index (χ0) is 26.6. The Hall–Kier alpha value is -4.11. The van der Waals surface area contributed by atoms with Crippen molar-refractivity contribution in [3.05, 3.63) is 101 Å². The zero-order valence-corrected chi connectivity index (χ0v) is 20.8. The minimum atomic E-state index is -3.05. The number of fused-ring (bicyclic) bond motifs is 1. The molecule has 10 heteroatoms. The van der Waals surface area contributed by atoms with Gasteiger partial charge in [-0.3, -0.25) is 19.6 Å². The number of likely N-dealkylation sites (tertiary alicyclic amines) is 1. The van der Waals surface area contributed by atoms with Crippen LogP contribution < -0.4 is 10.1 Å². The number of carbonyl (C=O) groups excluding carboxylic acids is 2. The van der Waals surface area contributed by atoms with Crippen molar-refractivity contribution >= 4 is 34.4 Å². The monoisotopic (exact) mass is 536 g/mol. The van der Waals surface area contributed by atoms with Crippen molar-refractivity contribution in [3.8, 4) is 5.75 Å². The summed E-state index contributed by atoms with van der Waals surface area (Å²) < 4.78 is 30.3. The van der Waals surface area contributed by atoms with Gasteiger partial charge in [-0.05, 0) is 36.2 Å². The standard InChI is InChI=1S/C28H23ClF2N4O3/c29-21-14-18(15-23-25(21)33-12-11-32-23)27(37)35-13-10-22(20(16-35)17-6-2-1-3-7-17)34-26(36)19-8-4-5-9-24(19)38-28(30)31/h1-9,11-12,14-15,20,22,28H,10,13,16H2,(H,34,36)/t20-,22+/m1/s1. The second-order valence-corrected chi connectivity index (χ2v) is 9.30. The Labute approximate surface area is 222 Å². The van der Waals surface area contributed by atoms with E-state index in [-0.39, 0.29) is 29.2 Å². The highest BCUT2D eigenvalue weighted by molar-refractivity contribution is 6.35. The molecular weight excluding hydrogens is 514 g/mol. The van der Waals surface area contributed by atoms with Crippen molar-refractivity contribution < 1.29 is 23.1 Å². The van der Waals surface area contributed by atoms with Crippen LogP contribution in [0.1, 0.15) is 38.6 Å².